The SMILES string of the molecule is O=S(=O)(O)CCNc1nc(Nc2ccc(C=Cc3ccc(Nc4nc(NCCS(=O)(=O)O)nc(N(CCO)C(CO)C(O)C(O)C(O)CO)n4)cc3)c(S(=O)(=O)O)c2)nc(N(CCO)CC(O)C(O)C(O)C(O)CO)n1. The van der Waals surface area contributed by atoms with E-state index in [1.165, 1.54) is 36.4 Å². The molecule has 0 aliphatic rings. The minimum absolute atomic E-state index is 0.0433. The summed E-state index contributed by atoms with van der Waals surface area (Å²) in [7, 11) is -13.9. The molecule has 8 unspecified atom stereocenters. The Morgan fingerprint density at radius 3 is 1.50 bits per heavy atom. The van der Waals surface area contributed by atoms with E-state index in [0.717, 1.165) is 15.9 Å². The first kappa shape index (κ1) is 62.8. The summed E-state index contributed by atoms with van der Waals surface area (Å²) in [6, 6.07) is 8.21. The van der Waals surface area contributed by atoms with Gasteiger partial charge in [-0.1, -0.05) is 30.4 Å². The number of aliphatic hydroxyl groups is 12. The molecule has 36 heteroatoms. The van der Waals surface area contributed by atoms with Gasteiger partial charge in [-0.2, -0.15) is 55.2 Å². The second-order valence-electron chi connectivity index (χ2n) is 16.3. The minimum atomic E-state index is -4.98. The van der Waals surface area contributed by atoms with Crippen LogP contribution in [0.3, 0.4) is 0 Å². The van der Waals surface area contributed by atoms with Crippen molar-refractivity contribution in [3.63, 3.8) is 0 Å². The number of rotatable bonds is 33. The van der Waals surface area contributed by atoms with Crippen LogP contribution in [0.2, 0.25) is 0 Å². The number of hydrogen-bond donors (Lipinski definition) is 19. The molecule has 2 heterocycles. The fraction of sp³-hybridized carbons (Fsp3) is 0.500. The van der Waals surface area contributed by atoms with Gasteiger partial charge in [-0.05, 0) is 35.4 Å². The Kier molecular flexibility index (Phi) is 23.6. The van der Waals surface area contributed by atoms with Gasteiger partial charge in [-0.25, -0.2) is 0 Å². The average molecular weight is 1140 g/mol. The summed E-state index contributed by atoms with van der Waals surface area (Å²) >= 11 is 0. The molecule has 4 aromatic rings. The van der Waals surface area contributed by atoms with Crippen molar-refractivity contribution in [3.8, 4) is 0 Å². The quantitative estimate of drug-likeness (QED) is 0.0156. The molecule has 0 spiro atoms. The van der Waals surface area contributed by atoms with E-state index < -0.39 is 148 Å². The van der Waals surface area contributed by atoms with Gasteiger partial charge >= 0.3 is 0 Å². The van der Waals surface area contributed by atoms with Crippen molar-refractivity contribution in [1.29, 1.82) is 0 Å². The zero-order valence-electron chi connectivity index (χ0n) is 39.8. The highest BCUT2D eigenvalue weighted by atomic mass is 32.2. The Hall–Kier alpha value is -5.75. The zero-order valence-corrected chi connectivity index (χ0v) is 42.2. The van der Waals surface area contributed by atoms with Gasteiger partial charge in [0.05, 0.1) is 50.6 Å². The van der Waals surface area contributed by atoms with Crippen molar-refractivity contribution in [3.05, 3.63) is 53.6 Å². The molecule has 8 atom stereocenters. The maximum absolute atomic E-state index is 12.7. The monoisotopic (exact) mass is 1140 g/mol. The lowest BCUT2D eigenvalue weighted by Gasteiger charge is -2.36. The summed E-state index contributed by atoms with van der Waals surface area (Å²) in [5, 5.41) is 131. The van der Waals surface area contributed by atoms with E-state index in [1.807, 2.05) is 0 Å². The highest BCUT2D eigenvalue weighted by Gasteiger charge is 2.36. The molecule has 0 saturated heterocycles. The molecular weight excluding hydrogens is 1080 g/mol. The summed E-state index contributed by atoms with van der Waals surface area (Å²) in [4.78, 5) is 26.6. The van der Waals surface area contributed by atoms with Gasteiger partial charge in [0.25, 0.3) is 30.4 Å². The van der Waals surface area contributed by atoms with E-state index in [4.69, 9.17) is 5.11 Å². The number of anilines is 8. The van der Waals surface area contributed by atoms with Crippen molar-refractivity contribution in [2.75, 3.05) is 108 Å². The van der Waals surface area contributed by atoms with E-state index in [9.17, 15) is 95.1 Å². The molecule has 2 aromatic carbocycles. The molecule has 0 aliphatic heterocycles. The van der Waals surface area contributed by atoms with Crippen LogP contribution in [0.15, 0.2) is 47.4 Å². The summed E-state index contributed by atoms with van der Waals surface area (Å²) in [6.45, 7) is -6.30. The summed E-state index contributed by atoms with van der Waals surface area (Å²) in [6.07, 6.45) is -10.8. The van der Waals surface area contributed by atoms with Gasteiger partial charge in [-0.3, -0.25) is 13.7 Å². The van der Waals surface area contributed by atoms with Gasteiger partial charge < -0.3 is 92.3 Å². The first-order valence-corrected chi connectivity index (χ1v) is 27.0. The molecule has 0 saturated carbocycles. The first-order valence-electron chi connectivity index (χ1n) is 22.4. The predicted molar refractivity (Wildman–Crippen MR) is 268 cm³/mol. The average Bonchev–Trinajstić information content (AvgIpc) is 3.36. The number of aromatic nitrogens is 6. The third-order valence-corrected chi connectivity index (χ3v) is 12.9. The van der Waals surface area contributed by atoms with Crippen LogP contribution in [0, 0.1) is 0 Å². The molecule has 0 amide bonds. The van der Waals surface area contributed by atoms with Crippen LogP contribution < -0.4 is 31.1 Å². The topological polar surface area (TPSA) is 538 Å². The van der Waals surface area contributed by atoms with Crippen molar-refractivity contribution < 1.29 is 100 Å². The Bertz CT molecular complexity index is 2870. The van der Waals surface area contributed by atoms with E-state index in [-0.39, 0.29) is 60.0 Å². The second-order valence-corrected chi connectivity index (χ2v) is 20.8. The minimum Gasteiger partial charge on any atom is -0.395 e. The normalized spacial score (nSPS) is 15.5. The van der Waals surface area contributed by atoms with E-state index >= 15 is 0 Å². The Morgan fingerprint density at radius 2 is 1.00 bits per heavy atom. The molecule has 76 heavy (non-hydrogen) atoms. The lowest BCUT2D eigenvalue weighted by molar-refractivity contribution is -0.112. The number of nitrogens with zero attached hydrogens (tertiary/aromatic N) is 8. The number of benzene rings is 2. The fourth-order valence-electron chi connectivity index (χ4n) is 6.71. The molecule has 0 bridgehead atoms. The highest BCUT2D eigenvalue weighted by molar-refractivity contribution is 7.86. The van der Waals surface area contributed by atoms with Gasteiger partial charge in [0.1, 0.15) is 47.6 Å². The third kappa shape index (κ3) is 19.4. The molecule has 424 valence electrons. The highest BCUT2D eigenvalue weighted by Crippen LogP contribution is 2.27. The summed E-state index contributed by atoms with van der Waals surface area (Å²) in [5.41, 5.74) is 0.638. The maximum Gasteiger partial charge on any atom is 0.295 e. The fourth-order valence-corrected chi connectivity index (χ4v) is 8.14. The Balaban J connectivity index is 1.65. The van der Waals surface area contributed by atoms with Gasteiger partial charge in [0.15, 0.2) is 0 Å². The smallest absolute Gasteiger partial charge is 0.295 e. The molecule has 0 radical (unpaired) electrons. The lowest BCUT2D eigenvalue weighted by atomic mass is 10.0. The van der Waals surface area contributed by atoms with E-state index in [2.05, 4.69) is 51.2 Å². The van der Waals surface area contributed by atoms with Crippen molar-refractivity contribution >= 4 is 89.6 Å². The molecule has 0 fully saturated rings. The van der Waals surface area contributed by atoms with Crippen LogP contribution in [0.5, 0.6) is 0 Å². The number of hydrogen-bond acceptors (Lipinski definition) is 30. The van der Waals surface area contributed by atoms with Crippen molar-refractivity contribution in [1.82, 2.24) is 29.9 Å². The number of nitrogens with one attached hydrogen (secondary N) is 4. The largest absolute Gasteiger partial charge is 0.395 e. The van der Waals surface area contributed by atoms with Crippen molar-refractivity contribution in [2.24, 2.45) is 0 Å². The second kappa shape index (κ2) is 28.6. The maximum atomic E-state index is 12.7. The summed E-state index contributed by atoms with van der Waals surface area (Å²) < 4.78 is 99.7. The molecular formula is C40H60N12O21S3. The molecule has 19 N–H and O–H groups in total. The third-order valence-electron chi connectivity index (χ3n) is 10.6. The molecule has 2 aromatic heterocycles. The molecule has 33 nitrogen and oxygen atoms in total. The zero-order chi connectivity index (χ0) is 56.5. The number of aliphatic hydroxyl groups excluding tert-OH is 12. The van der Waals surface area contributed by atoms with Crippen LogP contribution in [0.25, 0.3) is 12.2 Å². The lowest BCUT2D eigenvalue weighted by Crippen LogP contribution is -2.55. The van der Waals surface area contributed by atoms with Gasteiger partial charge in [0.2, 0.25) is 35.7 Å². The van der Waals surface area contributed by atoms with Crippen LogP contribution in [0.1, 0.15) is 11.1 Å². The van der Waals surface area contributed by atoms with Crippen LogP contribution >= 0.6 is 0 Å². The first-order chi connectivity index (χ1) is 35.7. The van der Waals surface area contributed by atoms with Gasteiger partial charge in [0, 0.05) is 44.1 Å². The van der Waals surface area contributed by atoms with Crippen LogP contribution in [-0.4, -0.2) is 256 Å². The molecule has 4 rings (SSSR count). The predicted octanol–water partition coefficient (Wildman–Crippen LogP) is -5.97. The van der Waals surface area contributed by atoms with E-state index in [1.54, 1.807) is 12.1 Å². The Morgan fingerprint density at radius 1 is 0.526 bits per heavy atom. The molecule has 0 aliphatic carbocycles. The van der Waals surface area contributed by atoms with Gasteiger partial charge in [-0.15, -0.1) is 0 Å². The van der Waals surface area contributed by atoms with Crippen LogP contribution in [0.4, 0.5) is 47.1 Å². The van der Waals surface area contributed by atoms with Crippen LogP contribution in [-0.2, 0) is 30.4 Å². The Labute approximate surface area is 433 Å². The summed E-state index contributed by atoms with van der Waals surface area (Å²) in [5.74, 6) is -3.60. The standard InChI is InChI=1S/C40H60N12O21S3/c53-13-11-51(18-27(58)32(62)34(64)29(60)21-57)39-47-35(41-9-15-74(65,66)67)45-38(49-39)44-25-8-5-23(30(17-25)76(71,72)73)4-1-22-2-6-24(7-3-22)43-37-46-36(42-10-16-75(68,69)70)48-40(50-37)52(12-14-54)26(19-55)31(61)33(63)28(59)20-56/h1-8,17,26-29,31-34,53-64H,9-16,18-21H2,(H,65,66,67)(H,68,69,70)(H,71,72,73)(H2,41,44,45,47,49)(H2,42,43,46,48,50). The van der Waals surface area contributed by atoms with Crippen molar-refractivity contribution in [2.45, 2.75) is 53.7 Å². The van der Waals surface area contributed by atoms with E-state index in [0.29, 0.717) is 11.3 Å².